The Hall–Kier alpha value is -3.46. The van der Waals surface area contributed by atoms with Crippen molar-refractivity contribution in [3.8, 4) is 17.2 Å². The average molecular weight is 406 g/mol. The van der Waals surface area contributed by atoms with E-state index in [0.29, 0.717) is 23.5 Å². The molecule has 29 heavy (non-hydrogen) atoms. The first kappa shape index (κ1) is 17.6. The first-order valence-corrected chi connectivity index (χ1v) is 9.87. The summed E-state index contributed by atoms with van der Waals surface area (Å²) in [5.74, 6) is 0.342. The molecular weight excluding hydrogens is 391 g/mol. The third kappa shape index (κ3) is 3.09. The number of rotatable bonds is 3. The van der Waals surface area contributed by atoms with Crippen LogP contribution in [-0.2, 0) is 4.79 Å². The second-order valence-corrected chi connectivity index (χ2v) is 7.71. The van der Waals surface area contributed by atoms with E-state index in [2.05, 4.69) is 25.6 Å². The van der Waals surface area contributed by atoms with Crippen LogP contribution in [-0.4, -0.2) is 30.9 Å². The van der Waals surface area contributed by atoms with Crippen LogP contribution in [0.2, 0.25) is 0 Å². The minimum Gasteiger partial charge on any atom is -0.310 e. The molecule has 7 nitrogen and oxygen atoms in total. The third-order valence-corrected chi connectivity index (χ3v) is 5.85. The molecule has 4 aromatic rings. The van der Waals surface area contributed by atoms with E-state index < -0.39 is 0 Å². The fraction of sp³-hybridized carbons (Fsp3) is 0.150. The van der Waals surface area contributed by atoms with E-state index in [9.17, 15) is 9.18 Å². The Kier molecular flexibility index (Phi) is 4.17. The van der Waals surface area contributed by atoms with Gasteiger partial charge < -0.3 is 5.32 Å². The van der Waals surface area contributed by atoms with Crippen molar-refractivity contribution < 1.29 is 9.18 Å². The van der Waals surface area contributed by atoms with E-state index in [1.807, 2.05) is 24.4 Å². The van der Waals surface area contributed by atoms with Gasteiger partial charge in [0.1, 0.15) is 11.6 Å². The molecule has 0 unspecified atom stereocenters. The van der Waals surface area contributed by atoms with Gasteiger partial charge >= 0.3 is 0 Å². The average Bonchev–Trinajstić information content (AvgIpc) is 3.37. The Bertz CT molecular complexity index is 1200. The molecule has 0 saturated carbocycles. The summed E-state index contributed by atoms with van der Waals surface area (Å²) >= 11 is 1.62. The lowest BCUT2D eigenvalue weighted by Crippen LogP contribution is -2.25. The SMILES string of the molecule is Cc1nn(-c2nncc(-c3ccc(F)cc3)n2)c2c1[C@H](c1cccs1)CC(=O)N2. The highest BCUT2D eigenvalue weighted by molar-refractivity contribution is 7.10. The highest BCUT2D eigenvalue weighted by Gasteiger charge is 2.33. The molecule has 1 aromatic carbocycles. The van der Waals surface area contributed by atoms with E-state index >= 15 is 0 Å². The number of aryl methyl sites for hydroxylation is 1. The summed E-state index contributed by atoms with van der Waals surface area (Å²) in [6.07, 6.45) is 1.88. The summed E-state index contributed by atoms with van der Waals surface area (Å²) in [5, 5.41) is 17.6. The molecule has 3 aromatic heterocycles. The van der Waals surface area contributed by atoms with E-state index in [1.165, 1.54) is 23.0 Å². The summed E-state index contributed by atoms with van der Waals surface area (Å²) in [6.45, 7) is 1.91. The Morgan fingerprint density at radius 3 is 2.83 bits per heavy atom. The molecule has 144 valence electrons. The van der Waals surface area contributed by atoms with Gasteiger partial charge in [0.2, 0.25) is 5.91 Å². The predicted octanol–water partition coefficient (Wildman–Crippen LogP) is 3.71. The molecule has 0 radical (unpaired) electrons. The van der Waals surface area contributed by atoms with Gasteiger partial charge in [0.15, 0.2) is 0 Å². The second kappa shape index (κ2) is 6.85. The maximum atomic E-state index is 13.2. The van der Waals surface area contributed by atoms with Crippen LogP contribution in [0.1, 0.15) is 28.5 Å². The highest BCUT2D eigenvalue weighted by Crippen LogP contribution is 2.41. The van der Waals surface area contributed by atoms with Crippen molar-refractivity contribution in [1.29, 1.82) is 0 Å². The first-order chi connectivity index (χ1) is 14.1. The van der Waals surface area contributed by atoms with Gasteiger partial charge in [0.05, 0.1) is 17.6 Å². The number of amides is 1. The Labute approximate surface area is 169 Å². The number of carbonyl (C=O) groups excluding carboxylic acids is 1. The molecule has 0 saturated heterocycles. The predicted molar refractivity (Wildman–Crippen MR) is 106 cm³/mol. The summed E-state index contributed by atoms with van der Waals surface area (Å²) in [4.78, 5) is 18.1. The van der Waals surface area contributed by atoms with Crippen LogP contribution in [0.15, 0.2) is 48.0 Å². The number of thiophene rings is 1. The van der Waals surface area contributed by atoms with Gasteiger partial charge in [0.25, 0.3) is 5.95 Å². The summed E-state index contributed by atoms with van der Waals surface area (Å²) < 4.78 is 14.7. The number of benzene rings is 1. The van der Waals surface area contributed by atoms with E-state index in [-0.39, 0.29) is 23.6 Å². The van der Waals surface area contributed by atoms with Crippen LogP contribution in [0.5, 0.6) is 0 Å². The van der Waals surface area contributed by atoms with Crippen LogP contribution in [0.4, 0.5) is 10.2 Å². The molecule has 9 heteroatoms. The molecule has 4 heterocycles. The minimum atomic E-state index is -0.324. The molecule has 1 amide bonds. The van der Waals surface area contributed by atoms with Crippen LogP contribution >= 0.6 is 11.3 Å². The van der Waals surface area contributed by atoms with Crippen LogP contribution in [0.3, 0.4) is 0 Å². The first-order valence-electron chi connectivity index (χ1n) is 8.99. The fourth-order valence-electron chi connectivity index (χ4n) is 3.57. The highest BCUT2D eigenvalue weighted by atomic mass is 32.1. The third-order valence-electron chi connectivity index (χ3n) is 4.87. The molecular formula is C20H15FN6OS. The quantitative estimate of drug-likeness (QED) is 0.561. The standard InChI is InChI=1S/C20H15FN6OS/c1-11-18-14(16-3-2-8-29-16)9-17(28)24-19(18)27(26-11)20-23-15(10-22-25-20)12-4-6-13(21)7-5-12/h2-8,10,14H,9H2,1H3,(H,24,28)/t14-/m0/s1. The molecule has 0 fully saturated rings. The molecule has 1 aliphatic heterocycles. The number of anilines is 1. The lowest BCUT2D eigenvalue weighted by Gasteiger charge is -2.22. The number of aromatic nitrogens is 5. The van der Waals surface area contributed by atoms with Crippen molar-refractivity contribution in [3.05, 3.63) is 69.9 Å². The fourth-order valence-corrected chi connectivity index (χ4v) is 4.40. The lowest BCUT2D eigenvalue weighted by atomic mass is 9.91. The number of nitrogens with one attached hydrogen (secondary N) is 1. The molecule has 5 rings (SSSR count). The molecule has 1 atom stereocenters. The van der Waals surface area contributed by atoms with Gasteiger partial charge in [-0.1, -0.05) is 6.07 Å². The minimum absolute atomic E-state index is 0.0549. The largest absolute Gasteiger partial charge is 0.310 e. The molecule has 0 aliphatic carbocycles. The summed E-state index contributed by atoms with van der Waals surface area (Å²) in [6, 6.07) is 9.99. The number of nitrogens with zero attached hydrogens (tertiary/aromatic N) is 5. The number of fused-ring (bicyclic) bond motifs is 1. The topological polar surface area (TPSA) is 85.6 Å². The number of hydrogen-bond acceptors (Lipinski definition) is 6. The van der Waals surface area contributed by atoms with Gasteiger partial charge in [-0.2, -0.15) is 14.9 Å². The van der Waals surface area contributed by atoms with Crippen molar-refractivity contribution >= 4 is 23.1 Å². The number of halogens is 1. The zero-order chi connectivity index (χ0) is 20.0. The zero-order valence-electron chi connectivity index (χ0n) is 15.3. The maximum absolute atomic E-state index is 13.2. The van der Waals surface area contributed by atoms with Crippen LogP contribution in [0.25, 0.3) is 17.2 Å². The Morgan fingerprint density at radius 2 is 2.07 bits per heavy atom. The maximum Gasteiger partial charge on any atom is 0.272 e. The van der Waals surface area contributed by atoms with Crippen LogP contribution < -0.4 is 5.32 Å². The van der Waals surface area contributed by atoms with Gasteiger partial charge in [-0.3, -0.25) is 4.79 Å². The summed E-state index contributed by atoms with van der Waals surface area (Å²) in [7, 11) is 0. The lowest BCUT2D eigenvalue weighted by molar-refractivity contribution is -0.116. The molecule has 1 N–H and O–H groups in total. The van der Waals surface area contributed by atoms with Crippen molar-refractivity contribution in [1.82, 2.24) is 25.0 Å². The monoisotopic (exact) mass is 406 g/mol. The summed E-state index contributed by atoms with van der Waals surface area (Å²) in [5.41, 5.74) is 3.01. The van der Waals surface area contributed by atoms with Crippen molar-refractivity contribution in [2.24, 2.45) is 0 Å². The smallest absolute Gasteiger partial charge is 0.272 e. The molecule has 1 aliphatic rings. The van der Waals surface area contributed by atoms with E-state index in [1.54, 1.807) is 23.5 Å². The molecule has 0 spiro atoms. The zero-order valence-corrected chi connectivity index (χ0v) is 16.2. The molecule has 0 bridgehead atoms. The van der Waals surface area contributed by atoms with Gasteiger partial charge in [-0.05, 0) is 42.6 Å². The van der Waals surface area contributed by atoms with Gasteiger partial charge in [0, 0.05) is 28.3 Å². The Balaban J connectivity index is 1.62. The van der Waals surface area contributed by atoms with Gasteiger partial charge in [-0.25, -0.2) is 9.37 Å². The van der Waals surface area contributed by atoms with Crippen LogP contribution in [0, 0.1) is 12.7 Å². The van der Waals surface area contributed by atoms with E-state index in [4.69, 9.17) is 0 Å². The van der Waals surface area contributed by atoms with Crippen molar-refractivity contribution in [2.45, 2.75) is 19.3 Å². The van der Waals surface area contributed by atoms with Crippen molar-refractivity contribution in [3.63, 3.8) is 0 Å². The second-order valence-electron chi connectivity index (χ2n) is 6.73. The number of hydrogen-bond donors (Lipinski definition) is 1. The van der Waals surface area contributed by atoms with Crippen molar-refractivity contribution in [2.75, 3.05) is 5.32 Å². The normalized spacial score (nSPS) is 15.8. The van der Waals surface area contributed by atoms with Gasteiger partial charge in [-0.15, -0.1) is 16.4 Å². The number of carbonyl (C=O) groups is 1. The Morgan fingerprint density at radius 1 is 1.24 bits per heavy atom. The van der Waals surface area contributed by atoms with E-state index in [0.717, 1.165) is 16.1 Å².